The van der Waals surface area contributed by atoms with Gasteiger partial charge in [0.05, 0.1) is 24.6 Å². The summed E-state index contributed by atoms with van der Waals surface area (Å²) in [6, 6.07) is 8.35. The average Bonchev–Trinajstić information content (AvgIpc) is 2.98. The van der Waals surface area contributed by atoms with Crippen LogP contribution in [0.25, 0.3) is 5.65 Å². The molecule has 0 saturated carbocycles. The number of fused-ring (bicyclic) bond motifs is 1. The first-order valence-corrected chi connectivity index (χ1v) is 8.19. The molecule has 0 aliphatic carbocycles. The van der Waals surface area contributed by atoms with Gasteiger partial charge in [0.1, 0.15) is 0 Å². The molecule has 6 heteroatoms. The molecule has 0 bridgehead atoms. The summed E-state index contributed by atoms with van der Waals surface area (Å²) in [6.07, 6.45) is 8.12. The van der Waals surface area contributed by atoms with Crippen molar-refractivity contribution in [3.8, 4) is 0 Å². The quantitative estimate of drug-likeness (QED) is 0.519. The van der Waals surface area contributed by atoms with Crippen molar-refractivity contribution in [3.05, 3.63) is 54.7 Å². The molecule has 2 aromatic heterocycles. The Morgan fingerprint density at radius 2 is 2.05 bits per heavy atom. The molecular formula is C16H18N4OS. The zero-order chi connectivity index (χ0) is 15.2. The van der Waals surface area contributed by atoms with Gasteiger partial charge >= 0.3 is 0 Å². The fraction of sp³-hybridized carbons (Fsp3) is 0.250. The highest BCUT2D eigenvalue weighted by Gasteiger charge is 2.02. The third kappa shape index (κ3) is 3.58. The summed E-state index contributed by atoms with van der Waals surface area (Å²) in [4.78, 5) is 9.61. The summed E-state index contributed by atoms with van der Waals surface area (Å²) < 4.78 is 2.03. The summed E-state index contributed by atoms with van der Waals surface area (Å²) >= 11 is 1.76. The Kier molecular flexibility index (Phi) is 4.92. The molecule has 3 rings (SSSR count). The number of thioether (sulfide) groups is 1. The SMILES string of the molecule is OCCCSc1ccc(NCc2cnc3cnccn23)cc1. The van der Waals surface area contributed by atoms with Gasteiger partial charge in [-0.3, -0.25) is 9.38 Å². The van der Waals surface area contributed by atoms with Gasteiger partial charge in [-0.05, 0) is 30.7 Å². The minimum absolute atomic E-state index is 0.251. The largest absolute Gasteiger partial charge is 0.396 e. The third-order valence-electron chi connectivity index (χ3n) is 3.29. The molecule has 2 N–H and O–H groups in total. The molecule has 0 amide bonds. The van der Waals surface area contributed by atoms with Crippen LogP contribution in [-0.4, -0.2) is 31.8 Å². The number of benzene rings is 1. The lowest BCUT2D eigenvalue weighted by Crippen LogP contribution is -2.02. The third-order valence-corrected chi connectivity index (χ3v) is 4.39. The van der Waals surface area contributed by atoms with Crippen molar-refractivity contribution in [1.82, 2.24) is 14.4 Å². The summed E-state index contributed by atoms with van der Waals surface area (Å²) in [7, 11) is 0. The summed E-state index contributed by atoms with van der Waals surface area (Å²) in [5, 5.41) is 12.2. The van der Waals surface area contributed by atoms with E-state index in [4.69, 9.17) is 5.11 Å². The first kappa shape index (κ1) is 14.9. The average molecular weight is 314 g/mol. The number of aliphatic hydroxyl groups is 1. The predicted octanol–water partition coefficient (Wildman–Crippen LogP) is 2.82. The number of rotatable bonds is 7. The summed E-state index contributed by atoms with van der Waals surface area (Å²) in [6.45, 7) is 0.962. The second-order valence-corrected chi connectivity index (χ2v) is 6.03. The highest BCUT2D eigenvalue weighted by molar-refractivity contribution is 7.99. The monoisotopic (exact) mass is 314 g/mol. The Morgan fingerprint density at radius 1 is 1.18 bits per heavy atom. The van der Waals surface area contributed by atoms with E-state index >= 15 is 0 Å². The Bertz CT molecular complexity index is 726. The van der Waals surface area contributed by atoms with Crippen LogP contribution in [0.3, 0.4) is 0 Å². The fourth-order valence-corrected chi connectivity index (χ4v) is 2.98. The van der Waals surface area contributed by atoms with E-state index in [0.29, 0.717) is 6.54 Å². The minimum atomic E-state index is 0.251. The molecule has 0 aliphatic rings. The molecule has 0 aliphatic heterocycles. The van der Waals surface area contributed by atoms with Crippen LogP contribution in [0.2, 0.25) is 0 Å². The van der Waals surface area contributed by atoms with Crippen molar-refractivity contribution < 1.29 is 5.11 Å². The topological polar surface area (TPSA) is 62.5 Å². The van der Waals surface area contributed by atoms with E-state index in [1.807, 2.05) is 16.8 Å². The van der Waals surface area contributed by atoms with Crippen molar-refractivity contribution in [1.29, 1.82) is 0 Å². The van der Waals surface area contributed by atoms with Crippen LogP contribution in [0.4, 0.5) is 5.69 Å². The van der Waals surface area contributed by atoms with Crippen LogP contribution in [0.5, 0.6) is 0 Å². The fourth-order valence-electron chi connectivity index (χ4n) is 2.14. The Balaban J connectivity index is 1.59. The van der Waals surface area contributed by atoms with Crippen LogP contribution in [0.1, 0.15) is 12.1 Å². The van der Waals surface area contributed by atoms with E-state index in [1.165, 1.54) is 4.90 Å². The minimum Gasteiger partial charge on any atom is -0.396 e. The maximum absolute atomic E-state index is 8.79. The summed E-state index contributed by atoms with van der Waals surface area (Å²) in [5.74, 6) is 0.944. The lowest BCUT2D eigenvalue weighted by Gasteiger charge is -2.07. The van der Waals surface area contributed by atoms with Crippen LogP contribution >= 0.6 is 11.8 Å². The first-order valence-electron chi connectivity index (χ1n) is 7.20. The van der Waals surface area contributed by atoms with E-state index in [9.17, 15) is 0 Å². The number of imidazole rings is 1. The lowest BCUT2D eigenvalue weighted by atomic mass is 10.3. The smallest absolute Gasteiger partial charge is 0.155 e. The first-order chi connectivity index (χ1) is 10.9. The van der Waals surface area contributed by atoms with Crippen molar-refractivity contribution in [2.75, 3.05) is 17.7 Å². The van der Waals surface area contributed by atoms with Gasteiger partial charge in [0.15, 0.2) is 5.65 Å². The molecule has 0 saturated heterocycles. The molecule has 22 heavy (non-hydrogen) atoms. The Labute approximate surface area is 133 Å². The molecule has 2 heterocycles. The summed E-state index contributed by atoms with van der Waals surface area (Å²) in [5.41, 5.74) is 3.03. The van der Waals surface area contributed by atoms with Gasteiger partial charge < -0.3 is 10.4 Å². The molecule has 0 atom stereocenters. The number of aromatic nitrogens is 3. The maximum Gasteiger partial charge on any atom is 0.155 e. The molecule has 0 fully saturated rings. The number of anilines is 1. The van der Waals surface area contributed by atoms with E-state index in [1.54, 1.807) is 24.2 Å². The van der Waals surface area contributed by atoms with Gasteiger partial charge in [0.2, 0.25) is 0 Å². The van der Waals surface area contributed by atoms with Gasteiger partial charge in [0, 0.05) is 35.3 Å². The van der Waals surface area contributed by atoms with Gasteiger partial charge in [0.25, 0.3) is 0 Å². The molecule has 0 unspecified atom stereocenters. The number of hydrogen-bond donors (Lipinski definition) is 2. The highest BCUT2D eigenvalue weighted by atomic mass is 32.2. The molecule has 114 valence electrons. The molecule has 5 nitrogen and oxygen atoms in total. The van der Waals surface area contributed by atoms with E-state index < -0.39 is 0 Å². The molecule has 0 spiro atoms. The van der Waals surface area contributed by atoms with Crippen molar-refractivity contribution in [3.63, 3.8) is 0 Å². The van der Waals surface area contributed by atoms with E-state index in [0.717, 1.165) is 29.2 Å². The zero-order valence-electron chi connectivity index (χ0n) is 12.1. The van der Waals surface area contributed by atoms with Crippen LogP contribution in [0, 0.1) is 0 Å². The molecule has 0 radical (unpaired) electrons. The van der Waals surface area contributed by atoms with Crippen molar-refractivity contribution >= 4 is 23.1 Å². The number of nitrogens with one attached hydrogen (secondary N) is 1. The Morgan fingerprint density at radius 3 is 2.86 bits per heavy atom. The number of aliphatic hydroxyl groups excluding tert-OH is 1. The second-order valence-electron chi connectivity index (χ2n) is 4.86. The van der Waals surface area contributed by atoms with Gasteiger partial charge in [-0.1, -0.05) is 0 Å². The van der Waals surface area contributed by atoms with Crippen LogP contribution < -0.4 is 5.32 Å². The zero-order valence-corrected chi connectivity index (χ0v) is 13.0. The van der Waals surface area contributed by atoms with Crippen molar-refractivity contribution in [2.24, 2.45) is 0 Å². The van der Waals surface area contributed by atoms with E-state index in [-0.39, 0.29) is 6.61 Å². The number of hydrogen-bond acceptors (Lipinski definition) is 5. The van der Waals surface area contributed by atoms with E-state index in [2.05, 4.69) is 39.6 Å². The van der Waals surface area contributed by atoms with Gasteiger partial charge in [-0.15, -0.1) is 11.8 Å². The van der Waals surface area contributed by atoms with Gasteiger partial charge in [-0.25, -0.2) is 4.98 Å². The standard InChI is InChI=1S/C16H18N4OS/c21-8-1-9-22-15-4-2-13(3-5-15)18-10-14-11-19-16-12-17-6-7-20(14)16/h2-7,11-12,18,21H,1,8-10H2. The maximum atomic E-state index is 8.79. The Hall–Kier alpha value is -2.05. The number of nitrogens with zero attached hydrogens (tertiary/aromatic N) is 3. The van der Waals surface area contributed by atoms with Crippen molar-refractivity contribution in [2.45, 2.75) is 17.9 Å². The predicted molar refractivity (Wildman–Crippen MR) is 89.2 cm³/mol. The van der Waals surface area contributed by atoms with Crippen LogP contribution in [0.15, 0.2) is 53.9 Å². The van der Waals surface area contributed by atoms with Crippen LogP contribution in [-0.2, 0) is 6.54 Å². The highest BCUT2D eigenvalue weighted by Crippen LogP contribution is 2.21. The lowest BCUT2D eigenvalue weighted by molar-refractivity contribution is 0.296. The second kappa shape index (κ2) is 7.29. The molecular weight excluding hydrogens is 296 g/mol. The normalized spacial score (nSPS) is 11.0. The molecule has 1 aromatic carbocycles. The van der Waals surface area contributed by atoms with Gasteiger partial charge in [-0.2, -0.15) is 0 Å². The molecule has 3 aromatic rings.